The van der Waals surface area contributed by atoms with Gasteiger partial charge in [-0.15, -0.1) is 0 Å². The minimum absolute atomic E-state index is 0.0357. The van der Waals surface area contributed by atoms with Crippen molar-refractivity contribution in [3.63, 3.8) is 0 Å². The smallest absolute Gasteiger partial charge is 0.307 e. The zero-order valence-corrected chi connectivity index (χ0v) is 10.7. The van der Waals surface area contributed by atoms with Gasteiger partial charge >= 0.3 is 5.97 Å². The van der Waals surface area contributed by atoms with E-state index in [1.807, 2.05) is 19.9 Å². The van der Waals surface area contributed by atoms with Gasteiger partial charge < -0.3 is 10.2 Å². The standard InChI is InChI=1S/C12H13BrO3/c1-12(2)8(9(12)11(15)16)6-4-3-5-7(14)10(6)13/h3-5,8-9,14H,1-2H3,(H,15,16)/t8-,9+/m1/s1. The van der Waals surface area contributed by atoms with Crippen molar-refractivity contribution < 1.29 is 15.0 Å². The van der Waals surface area contributed by atoms with Gasteiger partial charge in [0.2, 0.25) is 0 Å². The average molecular weight is 285 g/mol. The molecule has 1 saturated carbocycles. The lowest BCUT2D eigenvalue weighted by Crippen LogP contribution is -2.03. The lowest BCUT2D eigenvalue weighted by atomic mass is 10.0. The van der Waals surface area contributed by atoms with Gasteiger partial charge in [0, 0.05) is 5.92 Å². The third kappa shape index (κ3) is 1.52. The van der Waals surface area contributed by atoms with Crippen LogP contribution in [0, 0.1) is 11.3 Å². The van der Waals surface area contributed by atoms with Crippen LogP contribution in [0.2, 0.25) is 0 Å². The van der Waals surface area contributed by atoms with Crippen molar-refractivity contribution in [3.8, 4) is 5.75 Å². The van der Waals surface area contributed by atoms with E-state index >= 15 is 0 Å². The van der Waals surface area contributed by atoms with E-state index in [2.05, 4.69) is 15.9 Å². The number of carboxylic acid groups (broad SMARTS) is 1. The van der Waals surface area contributed by atoms with Crippen LogP contribution < -0.4 is 0 Å². The summed E-state index contributed by atoms with van der Waals surface area (Å²) in [6, 6.07) is 5.18. The van der Waals surface area contributed by atoms with Crippen LogP contribution in [0.3, 0.4) is 0 Å². The summed E-state index contributed by atoms with van der Waals surface area (Å²) in [5, 5.41) is 18.7. The van der Waals surface area contributed by atoms with E-state index in [1.54, 1.807) is 12.1 Å². The normalized spacial score (nSPS) is 26.4. The highest BCUT2D eigenvalue weighted by Gasteiger charge is 2.63. The van der Waals surface area contributed by atoms with E-state index in [0.717, 1.165) is 5.56 Å². The maximum Gasteiger partial charge on any atom is 0.307 e. The lowest BCUT2D eigenvalue weighted by molar-refractivity contribution is -0.139. The van der Waals surface area contributed by atoms with Gasteiger partial charge in [-0.3, -0.25) is 4.79 Å². The van der Waals surface area contributed by atoms with E-state index in [9.17, 15) is 9.90 Å². The predicted octanol–water partition coefficient (Wildman–Crippen LogP) is 2.98. The van der Waals surface area contributed by atoms with Crippen LogP contribution >= 0.6 is 15.9 Å². The zero-order valence-electron chi connectivity index (χ0n) is 9.07. The van der Waals surface area contributed by atoms with Crippen LogP contribution in [0.15, 0.2) is 22.7 Å². The maximum atomic E-state index is 11.1. The second kappa shape index (κ2) is 3.48. The summed E-state index contributed by atoms with van der Waals surface area (Å²) in [5.74, 6) is -1.02. The first-order valence-corrected chi connectivity index (χ1v) is 5.87. The molecule has 0 aromatic heterocycles. The van der Waals surface area contributed by atoms with E-state index < -0.39 is 5.97 Å². The molecular formula is C12H13BrO3. The summed E-state index contributed by atoms with van der Waals surface area (Å²) < 4.78 is 0.608. The highest BCUT2D eigenvalue weighted by molar-refractivity contribution is 9.10. The number of phenols is 1. The van der Waals surface area contributed by atoms with Crippen molar-refractivity contribution >= 4 is 21.9 Å². The second-order valence-electron chi connectivity index (χ2n) is 4.80. The first-order chi connectivity index (χ1) is 7.37. The van der Waals surface area contributed by atoms with Crippen molar-refractivity contribution in [3.05, 3.63) is 28.2 Å². The summed E-state index contributed by atoms with van der Waals surface area (Å²) in [6.07, 6.45) is 0. The molecule has 3 nitrogen and oxygen atoms in total. The van der Waals surface area contributed by atoms with Crippen molar-refractivity contribution in [1.82, 2.24) is 0 Å². The Balaban J connectivity index is 2.41. The predicted molar refractivity (Wildman–Crippen MR) is 63.5 cm³/mol. The van der Waals surface area contributed by atoms with Gasteiger partial charge in [0.05, 0.1) is 10.4 Å². The fourth-order valence-electron chi connectivity index (χ4n) is 2.46. The number of carboxylic acids is 1. The largest absolute Gasteiger partial charge is 0.507 e. The van der Waals surface area contributed by atoms with Crippen LogP contribution in [0.1, 0.15) is 25.3 Å². The summed E-state index contributed by atoms with van der Waals surface area (Å²) in [7, 11) is 0. The monoisotopic (exact) mass is 284 g/mol. The van der Waals surface area contributed by atoms with Gasteiger partial charge in [-0.05, 0) is 33.0 Å². The number of aromatic hydroxyl groups is 1. The van der Waals surface area contributed by atoms with Crippen LogP contribution in [0.5, 0.6) is 5.75 Å². The number of benzene rings is 1. The molecule has 0 heterocycles. The van der Waals surface area contributed by atoms with Crippen molar-refractivity contribution in [2.75, 3.05) is 0 Å². The third-order valence-corrected chi connectivity index (χ3v) is 4.30. The Hall–Kier alpha value is -1.03. The van der Waals surface area contributed by atoms with E-state index in [4.69, 9.17) is 5.11 Å². The molecular weight excluding hydrogens is 272 g/mol. The Kier molecular flexibility index (Phi) is 2.49. The highest BCUT2D eigenvalue weighted by Crippen LogP contribution is 2.65. The molecule has 2 atom stereocenters. The van der Waals surface area contributed by atoms with Crippen molar-refractivity contribution in [2.24, 2.45) is 11.3 Å². The van der Waals surface area contributed by atoms with Gasteiger partial charge in [0.1, 0.15) is 5.75 Å². The first kappa shape index (κ1) is 11.5. The topological polar surface area (TPSA) is 57.5 Å². The number of phenolic OH excluding ortho intramolecular Hbond substituents is 1. The quantitative estimate of drug-likeness (QED) is 0.878. The minimum Gasteiger partial charge on any atom is -0.507 e. The number of halogens is 1. The molecule has 0 bridgehead atoms. The maximum absolute atomic E-state index is 11.1. The molecule has 86 valence electrons. The van der Waals surface area contributed by atoms with Crippen LogP contribution in [-0.2, 0) is 4.79 Å². The lowest BCUT2D eigenvalue weighted by Gasteiger charge is -2.06. The summed E-state index contributed by atoms with van der Waals surface area (Å²) in [5.41, 5.74) is 0.625. The molecule has 1 aromatic carbocycles. The molecule has 0 unspecified atom stereocenters. The Morgan fingerprint density at radius 2 is 2.06 bits per heavy atom. The molecule has 0 spiro atoms. The number of aliphatic carboxylic acids is 1. The van der Waals surface area contributed by atoms with Gasteiger partial charge in [0.25, 0.3) is 0 Å². The first-order valence-electron chi connectivity index (χ1n) is 5.07. The fraction of sp³-hybridized carbons (Fsp3) is 0.417. The molecule has 1 aromatic rings. The molecule has 4 heteroatoms. The molecule has 2 rings (SSSR count). The van der Waals surface area contributed by atoms with Gasteiger partial charge in [0.15, 0.2) is 0 Å². The molecule has 16 heavy (non-hydrogen) atoms. The number of rotatable bonds is 2. The second-order valence-corrected chi connectivity index (χ2v) is 5.59. The van der Waals surface area contributed by atoms with Crippen molar-refractivity contribution in [1.29, 1.82) is 0 Å². The Morgan fingerprint density at radius 3 is 2.56 bits per heavy atom. The van der Waals surface area contributed by atoms with Gasteiger partial charge in [-0.1, -0.05) is 26.0 Å². The van der Waals surface area contributed by atoms with E-state index in [1.165, 1.54) is 0 Å². The van der Waals surface area contributed by atoms with Crippen LogP contribution in [0.25, 0.3) is 0 Å². The summed E-state index contributed by atoms with van der Waals surface area (Å²) >= 11 is 3.31. The summed E-state index contributed by atoms with van der Waals surface area (Å²) in [6.45, 7) is 3.87. The van der Waals surface area contributed by atoms with Gasteiger partial charge in [-0.25, -0.2) is 0 Å². The molecule has 0 radical (unpaired) electrons. The Morgan fingerprint density at radius 1 is 1.44 bits per heavy atom. The molecule has 1 aliphatic carbocycles. The average Bonchev–Trinajstić information content (AvgIpc) is 2.74. The van der Waals surface area contributed by atoms with Crippen molar-refractivity contribution in [2.45, 2.75) is 19.8 Å². The third-order valence-electron chi connectivity index (χ3n) is 3.44. The Labute approximate surface area is 102 Å². The van der Waals surface area contributed by atoms with E-state index in [-0.39, 0.29) is 23.0 Å². The molecule has 1 aliphatic rings. The number of carbonyl (C=O) groups is 1. The SMILES string of the molecule is CC1(C)[C@H](C(=O)O)[C@H]1c1cccc(O)c1Br. The molecule has 0 amide bonds. The van der Waals surface area contributed by atoms with Crippen LogP contribution in [0.4, 0.5) is 0 Å². The highest BCUT2D eigenvalue weighted by atomic mass is 79.9. The summed E-state index contributed by atoms with van der Waals surface area (Å²) in [4.78, 5) is 11.1. The van der Waals surface area contributed by atoms with E-state index in [0.29, 0.717) is 4.47 Å². The van der Waals surface area contributed by atoms with Crippen LogP contribution in [-0.4, -0.2) is 16.2 Å². The number of hydrogen-bond donors (Lipinski definition) is 2. The molecule has 0 saturated heterocycles. The van der Waals surface area contributed by atoms with Gasteiger partial charge in [-0.2, -0.15) is 0 Å². The Bertz CT molecular complexity index is 454. The molecule has 2 N–H and O–H groups in total. The fourth-order valence-corrected chi connectivity index (χ4v) is 2.97. The molecule has 1 fully saturated rings. The number of hydrogen-bond acceptors (Lipinski definition) is 2. The zero-order chi connectivity index (χ0) is 12.1. The minimum atomic E-state index is -0.773. The molecule has 0 aliphatic heterocycles.